The summed E-state index contributed by atoms with van der Waals surface area (Å²) >= 11 is 11.3. The highest BCUT2D eigenvalue weighted by atomic mass is 127. The van der Waals surface area contributed by atoms with Gasteiger partial charge >= 0.3 is 0 Å². The summed E-state index contributed by atoms with van der Waals surface area (Å²) in [6.45, 7) is 0. The maximum atomic E-state index is 13.6. The van der Waals surface area contributed by atoms with Gasteiger partial charge in [0.1, 0.15) is 5.82 Å². The Hall–Kier alpha value is -0.860. The van der Waals surface area contributed by atoms with Crippen molar-refractivity contribution in [2.75, 3.05) is 5.73 Å². The van der Waals surface area contributed by atoms with Gasteiger partial charge < -0.3 is 5.73 Å². The Morgan fingerprint density at radius 1 is 1.30 bits per heavy atom. The van der Waals surface area contributed by atoms with Gasteiger partial charge in [-0.05, 0) is 62.8 Å². The van der Waals surface area contributed by atoms with Crippen molar-refractivity contribution in [1.29, 1.82) is 0 Å². The number of imidazole rings is 1. The molecule has 0 saturated heterocycles. The van der Waals surface area contributed by atoms with Crippen molar-refractivity contribution >= 4 is 67.1 Å². The van der Waals surface area contributed by atoms with Crippen LogP contribution in [0.4, 0.5) is 10.3 Å². The fourth-order valence-electron chi connectivity index (χ4n) is 2.01. The molecule has 0 fully saturated rings. The van der Waals surface area contributed by atoms with Gasteiger partial charge in [-0.15, -0.1) is 0 Å². The predicted octanol–water partition coefficient (Wildman–Crippen LogP) is 4.77. The van der Waals surface area contributed by atoms with Crippen LogP contribution in [-0.2, 0) is 0 Å². The number of benzene rings is 2. The standard InChI is InChI=1S/C13H7BrClFIN3/c14-7-4-12-10(5-8(7)16)19-13(18)20(12)11-2-1-6(15)3-9(11)17/h1-5H,(H2,18,19). The van der Waals surface area contributed by atoms with Crippen molar-refractivity contribution in [1.82, 2.24) is 9.55 Å². The van der Waals surface area contributed by atoms with Gasteiger partial charge in [-0.1, -0.05) is 11.6 Å². The second-order valence-corrected chi connectivity index (χ2v) is 6.61. The van der Waals surface area contributed by atoms with Gasteiger partial charge in [0.2, 0.25) is 5.95 Å². The van der Waals surface area contributed by atoms with E-state index in [1.165, 1.54) is 6.07 Å². The van der Waals surface area contributed by atoms with Gasteiger partial charge in [0.15, 0.2) is 0 Å². The lowest BCUT2D eigenvalue weighted by atomic mass is 10.2. The number of hydrogen-bond donors (Lipinski definition) is 1. The van der Waals surface area contributed by atoms with E-state index in [2.05, 4.69) is 43.5 Å². The molecule has 0 atom stereocenters. The minimum absolute atomic E-state index is 0.303. The summed E-state index contributed by atoms with van der Waals surface area (Å²) in [5.41, 5.74) is 8.07. The molecular formula is C13H7BrClFIN3. The lowest BCUT2D eigenvalue weighted by Crippen LogP contribution is -2.02. The molecule has 3 rings (SSSR count). The molecule has 0 unspecified atom stereocenters. The molecule has 0 aliphatic carbocycles. The summed E-state index contributed by atoms with van der Waals surface area (Å²) in [4.78, 5) is 4.20. The number of aromatic nitrogens is 2. The van der Waals surface area contributed by atoms with E-state index in [1.807, 2.05) is 12.1 Å². The Bertz CT molecular complexity index is 834. The van der Waals surface area contributed by atoms with Crippen molar-refractivity contribution in [2.24, 2.45) is 0 Å². The van der Waals surface area contributed by atoms with Crippen molar-refractivity contribution in [3.63, 3.8) is 0 Å². The third-order valence-corrected chi connectivity index (χ3v) is 4.58. The van der Waals surface area contributed by atoms with Crippen LogP contribution >= 0.6 is 50.1 Å². The monoisotopic (exact) mass is 465 g/mol. The largest absolute Gasteiger partial charge is 0.369 e. The molecular weight excluding hydrogens is 459 g/mol. The average molecular weight is 466 g/mol. The summed E-state index contributed by atoms with van der Waals surface area (Å²) in [5.74, 6) is -0.0642. The van der Waals surface area contributed by atoms with Crippen LogP contribution < -0.4 is 5.73 Å². The van der Waals surface area contributed by atoms with Gasteiger partial charge in [-0.2, -0.15) is 0 Å². The Balaban J connectivity index is 2.35. The number of hydrogen-bond acceptors (Lipinski definition) is 2. The third-order valence-electron chi connectivity index (χ3n) is 2.87. The van der Waals surface area contributed by atoms with E-state index in [0.717, 1.165) is 14.8 Å². The molecule has 3 nitrogen and oxygen atoms in total. The zero-order valence-corrected chi connectivity index (χ0v) is 14.4. The highest BCUT2D eigenvalue weighted by Crippen LogP contribution is 2.30. The quantitative estimate of drug-likeness (QED) is 0.526. The maximum absolute atomic E-state index is 13.6. The fourth-order valence-corrected chi connectivity index (χ4v) is 3.45. The second kappa shape index (κ2) is 5.16. The van der Waals surface area contributed by atoms with E-state index >= 15 is 0 Å². The molecule has 0 bridgehead atoms. The maximum Gasteiger partial charge on any atom is 0.205 e. The van der Waals surface area contributed by atoms with Crippen LogP contribution in [0.15, 0.2) is 34.8 Å². The number of nitrogen functional groups attached to an aromatic ring is 1. The molecule has 2 aromatic carbocycles. The van der Waals surface area contributed by atoms with E-state index in [1.54, 1.807) is 16.7 Å². The molecule has 0 spiro atoms. The molecule has 2 N–H and O–H groups in total. The van der Waals surface area contributed by atoms with E-state index in [0.29, 0.717) is 21.0 Å². The molecule has 1 aromatic heterocycles. The smallest absolute Gasteiger partial charge is 0.205 e. The molecule has 0 aliphatic heterocycles. The summed E-state index contributed by atoms with van der Waals surface area (Å²) in [6.07, 6.45) is 0. The number of nitrogens with two attached hydrogens (primary N) is 1. The molecule has 0 saturated carbocycles. The summed E-state index contributed by atoms with van der Waals surface area (Å²) in [5, 5.41) is 0.647. The van der Waals surface area contributed by atoms with Crippen LogP contribution in [0, 0.1) is 9.39 Å². The zero-order valence-electron chi connectivity index (χ0n) is 9.87. The minimum Gasteiger partial charge on any atom is -0.369 e. The molecule has 0 radical (unpaired) electrons. The number of anilines is 1. The van der Waals surface area contributed by atoms with Gasteiger partial charge in [0.05, 0.1) is 21.2 Å². The molecule has 102 valence electrons. The Kier molecular flexibility index (Phi) is 3.64. The fraction of sp³-hybridized carbons (Fsp3) is 0. The van der Waals surface area contributed by atoms with Crippen LogP contribution in [0.5, 0.6) is 0 Å². The Labute approximate surface area is 141 Å². The summed E-state index contributed by atoms with van der Waals surface area (Å²) < 4.78 is 16.6. The van der Waals surface area contributed by atoms with E-state index in [9.17, 15) is 4.39 Å². The highest BCUT2D eigenvalue weighted by Gasteiger charge is 2.15. The molecule has 0 amide bonds. The topological polar surface area (TPSA) is 43.8 Å². The van der Waals surface area contributed by atoms with Gasteiger partial charge in [0, 0.05) is 14.7 Å². The van der Waals surface area contributed by atoms with Gasteiger partial charge in [-0.25, -0.2) is 9.37 Å². The number of halogens is 4. The first-order valence-corrected chi connectivity index (χ1v) is 7.81. The normalized spacial score (nSPS) is 11.2. The lowest BCUT2D eigenvalue weighted by molar-refractivity contribution is 0.623. The Morgan fingerprint density at radius 2 is 2.05 bits per heavy atom. The van der Waals surface area contributed by atoms with Crippen LogP contribution in [0.3, 0.4) is 0 Å². The van der Waals surface area contributed by atoms with E-state index < -0.39 is 0 Å². The molecule has 20 heavy (non-hydrogen) atoms. The third kappa shape index (κ3) is 2.29. The molecule has 1 heterocycles. The second-order valence-electron chi connectivity index (χ2n) is 4.16. The lowest BCUT2D eigenvalue weighted by Gasteiger charge is -2.09. The number of rotatable bonds is 1. The van der Waals surface area contributed by atoms with Crippen LogP contribution in [-0.4, -0.2) is 9.55 Å². The zero-order chi connectivity index (χ0) is 14.4. The first-order chi connectivity index (χ1) is 9.47. The van der Waals surface area contributed by atoms with Crippen molar-refractivity contribution in [3.05, 3.63) is 49.2 Å². The van der Waals surface area contributed by atoms with Crippen LogP contribution in [0.1, 0.15) is 0 Å². The van der Waals surface area contributed by atoms with Crippen molar-refractivity contribution in [2.45, 2.75) is 0 Å². The summed E-state index contributed by atoms with van der Waals surface area (Å²) in [6, 6.07) is 8.50. The first kappa shape index (κ1) is 14.1. The van der Waals surface area contributed by atoms with E-state index in [4.69, 9.17) is 17.3 Å². The molecule has 7 heteroatoms. The number of nitrogens with zero attached hydrogens (tertiary/aromatic N) is 2. The van der Waals surface area contributed by atoms with Crippen molar-refractivity contribution in [3.8, 4) is 5.69 Å². The summed E-state index contributed by atoms with van der Waals surface area (Å²) in [7, 11) is 0. The van der Waals surface area contributed by atoms with Crippen molar-refractivity contribution < 1.29 is 4.39 Å². The van der Waals surface area contributed by atoms with E-state index in [-0.39, 0.29) is 5.82 Å². The molecule has 3 aromatic rings. The predicted molar refractivity (Wildman–Crippen MR) is 90.9 cm³/mol. The average Bonchev–Trinajstić information content (AvgIpc) is 2.66. The highest BCUT2D eigenvalue weighted by molar-refractivity contribution is 14.1. The minimum atomic E-state index is -0.368. The van der Waals surface area contributed by atoms with Crippen LogP contribution in [0.25, 0.3) is 16.7 Å². The SMILES string of the molecule is Nc1nc2cc(F)c(Br)cc2n1-c1ccc(Cl)cc1I. The number of fused-ring (bicyclic) bond motifs is 1. The van der Waals surface area contributed by atoms with Crippen LogP contribution in [0.2, 0.25) is 5.02 Å². The van der Waals surface area contributed by atoms with Gasteiger partial charge in [0.25, 0.3) is 0 Å². The van der Waals surface area contributed by atoms with Gasteiger partial charge in [-0.3, -0.25) is 4.57 Å². The Morgan fingerprint density at radius 3 is 2.75 bits per heavy atom. The first-order valence-electron chi connectivity index (χ1n) is 5.56. The molecule has 0 aliphatic rings.